The summed E-state index contributed by atoms with van der Waals surface area (Å²) in [5.74, 6) is -4.24. The Morgan fingerprint density at radius 2 is 1.50 bits per heavy atom. The molecule has 2 aliphatic rings. The van der Waals surface area contributed by atoms with Crippen LogP contribution in [0.5, 0.6) is 0 Å². The lowest BCUT2D eigenvalue weighted by Crippen LogP contribution is -2.59. The first-order chi connectivity index (χ1) is 31.4. The van der Waals surface area contributed by atoms with E-state index in [1.165, 1.54) is 37.6 Å². The highest BCUT2D eigenvalue weighted by Crippen LogP contribution is 2.39. The van der Waals surface area contributed by atoms with Crippen LogP contribution in [0.15, 0.2) is 65.9 Å². The zero-order valence-electron chi connectivity index (χ0n) is 41.5. The molecule has 6 N–H and O–H groups in total. The minimum absolute atomic E-state index is 0.166. The molecule has 0 saturated carbocycles. The summed E-state index contributed by atoms with van der Waals surface area (Å²) in [5, 5.41) is 42.1. The fourth-order valence-corrected chi connectivity index (χ4v) is 9.20. The smallest absolute Gasteiger partial charge is 0.316 e. The van der Waals surface area contributed by atoms with Gasteiger partial charge in [0.1, 0.15) is 23.7 Å². The minimum atomic E-state index is -1.91. The second-order valence-electron chi connectivity index (χ2n) is 19.0. The number of hydrogen-bond donors (Lipinski definition) is 6. The highest BCUT2D eigenvalue weighted by Gasteiger charge is 2.50. The standard InChI is InChI=1S/C51H82N4O11/c1-12-42-51(8,60)46(58)35(4)43(54-63-29-26-52-24-16-27-62-28-17-25-53-32-38-20-22-40(23-21-38)39-18-14-13-15-19-39)33(2)31-50(7,61-11)47(36(5)44(56)37(6)48(59)65-42)66-49-45(57)41(55(9)10)30-34(3)64-49/h13-15,18-23,34-37,41-42,45-47,49,52-54,57-58,60H,12,16-17,24-32H2,1-11H3/t34-,35+,36+,37-,41+,42-,45-,46-,47-,49+,50+,51-/m1/s1. The van der Waals surface area contributed by atoms with Crippen molar-refractivity contribution >= 4 is 11.8 Å². The summed E-state index contributed by atoms with van der Waals surface area (Å²) in [5.41, 5.74) is 4.78. The number of ether oxygens (including phenoxy) is 5. The van der Waals surface area contributed by atoms with Gasteiger partial charge in [-0.05, 0) is 110 Å². The average molecular weight is 927 g/mol. The molecular weight excluding hydrogens is 845 g/mol. The number of Topliss-reactive ketones (excluding diaryl/α,β-unsaturated/α-hetero) is 1. The Balaban J connectivity index is 1.36. The maximum atomic E-state index is 14.2. The number of carbonyl (C=O) groups excluding carboxylic acids is 2. The molecule has 4 rings (SSSR count). The van der Waals surface area contributed by atoms with Crippen molar-refractivity contribution in [1.29, 1.82) is 0 Å². The predicted molar refractivity (Wildman–Crippen MR) is 255 cm³/mol. The van der Waals surface area contributed by atoms with Crippen molar-refractivity contribution in [3.63, 3.8) is 0 Å². The molecule has 2 aliphatic heterocycles. The van der Waals surface area contributed by atoms with E-state index in [0.29, 0.717) is 37.4 Å². The third kappa shape index (κ3) is 15.1. The second-order valence-corrected chi connectivity index (χ2v) is 19.0. The van der Waals surface area contributed by atoms with Crippen molar-refractivity contribution in [3.8, 4) is 11.1 Å². The number of likely N-dealkylation sites (N-methyl/N-ethyl adjacent to an activating group) is 1. The van der Waals surface area contributed by atoms with Crippen LogP contribution in [0.3, 0.4) is 0 Å². The molecule has 372 valence electrons. The summed E-state index contributed by atoms with van der Waals surface area (Å²) in [7, 11) is 5.28. The molecule has 0 aliphatic carbocycles. The van der Waals surface area contributed by atoms with Crippen molar-refractivity contribution in [1.82, 2.24) is 21.0 Å². The zero-order chi connectivity index (χ0) is 48.6. The van der Waals surface area contributed by atoms with Crippen LogP contribution in [-0.4, -0.2) is 147 Å². The Bertz CT molecular complexity index is 1800. The molecular formula is C51H82N4O11. The zero-order valence-corrected chi connectivity index (χ0v) is 41.5. The van der Waals surface area contributed by atoms with E-state index in [9.17, 15) is 24.9 Å². The Labute approximate surface area is 394 Å². The van der Waals surface area contributed by atoms with Gasteiger partial charge in [-0.2, -0.15) is 0 Å². The van der Waals surface area contributed by atoms with Gasteiger partial charge in [-0.25, -0.2) is 0 Å². The molecule has 0 aromatic heterocycles. The number of aliphatic hydroxyl groups is 3. The average Bonchev–Trinajstić information content (AvgIpc) is 3.30. The van der Waals surface area contributed by atoms with Crippen molar-refractivity contribution in [3.05, 3.63) is 71.4 Å². The molecule has 15 nitrogen and oxygen atoms in total. The van der Waals surface area contributed by atoms with Crippen molar-refractivity contribution < 1.29 is 53.4 Å². The van der Waals surface area contributed by atoms with Crippen LogP contribution in [0.1, 0.15) is 93.1 Å². The SMILES string of the molecule is CC[C@H]1OC(=O)[C@H](C)C(=O)[C@H](C)[C@@H](O[C@@H]2O[C@H](C)C[C@H](N(C)C)[C@H]2O)[C@@](C)(OC)CC(C)=C(NOCCNCCCOCCCNCc2ccc(-c3ccccc3)cc2)[C@H](C)[C@@H](O)[C@]1(C)O. The molecule has 0 radical (unpaired) electrons. The maximum absolute atomic E-state index is 14.2. The van der Waals surface area contributed by atoms with Crippen LogP contribution in [-0.2, 0) is 44.7 Å². The van der Waals surface area contributed by atoms with Crippen LogP contribution in [0.25, 0.3) is 11.1 Å². The van der Waals surface area contributed by atoms with Crippen LogP contribution < -0.4 is 16.1 Å². The van der Waals surface area contributed by atoms with E-state index in [-0.39, 0.29) is 31.6 Å². The molecule has 0 amide bonds. The molecule has 1 saturated heterocycles. The summed E-state index contributed by atoms with van der Waals surface area (Å²) >= 11 is 0. The van der Waals surface area contributed by atoms with Gasteiger partial charge >= 0.3 is 5.97 Å². The van der Waals surface area contributed by atoms with Gasteiger partial charge in [0, 0.05) is 63.4 Å². The Morgan fingerprint density at radius 1 is 0.864 bits per heavy atom. The number of benzene rings is 2. The summed E-state index contributed by atoms with van der Waals surface area (Å²) in [6.45, 7) is 18.2. The van der Waals surface area contributed by atoms with E-state index < -0.39 is 71.4 Å². The topological polar surface area (TPSA) is 190 Å². The van der Waals surface area contributed by atoms with E-state index >= 15 is 0 Å². The number of aliphatic hydroxyl groups excluding tert-OH is 2. The summed E-state index contributed by atoms with van der Waals surface area (Å²) < 4.78 is 30.8. The van der Waals surface area contributed by atoms with Crippen molar-refractivity contribution in [2.24, 2.45) is 17.8 Å². The number of nitrogens with one attached hydrogen (secondary N) is 3. The molecule has 2 heterocycles. The van der Waals surface area contributed by atoms with Crippen molar-refractivity contribution in [2.75, 3.05) is 60.7 Å². The molecule has 0 spiro atoms. The molecule has 0 unspecified atom stereocenters. The van der Waals surface area contributed by atoms with Crippen LogP contribution >= 0.6 is 0 Å². The number of cyclic esters (lactones) is 1. The van der Waals surface area contributed by atoms with E-state index in [1.807, 2.05) is 45.8 Å². The fourth-order valence-electron chi connectivity index (χ4n) is 9.20. The fraction of sp³-hybridized carbons (Fsp3) is 0.686. The van der Waals surface area contributed by atoms with Crippen LogP contribution in [0.2, 0.25) is 0 Å². The van der Waals surface area contributed by atoms with Crippen LogP contribution in [0.4, 0.5) is 0 Å². The van der Waals surface area contributed by atoms with E-state index in [1.54, 1.807) is 20.8 Å². The quantitative estimate of drug-likeness (QED) is 0.0417. The second kappa shape index (κ2) is 26.4. The lowest BCUT2D eigenvalue weighted by atomic mass is 9.77. The van der Waals surface area contributed by atoms with Gasteiger partial charge in [0.25, 0.3) is 0 Å². The molecule has 66 heavy (non-hydrogen) atoms. The monoisotopic (exact) mass is 927 g/mol. The van der Waals surface area contributed by atoms with Gasteiger partial charge in [-0.15, -0.1) is 0 Å². The molecule has 2 aromatic rings. The summed E-state index contributed by atoms with van der Waals surface area (Å²) in [6, 6.07) is 18.7. The lowest BCUT2D eigenvalue weighted by Gasteiger charge is -2.46. The lowest BCUT2D eigenvalue weighted by molar-refractivity contribution is -0.294. The first-order valence-electron chi connectivity index (χ1n) is 23.9. The number of hydroxylamine groups is 1. The van der Waals surface area contributed by atoms with Gasteiger partial charge in [-0.1, -0.05) is 75.4 Å². The van der Waals surface area contributed by atoms with E-state index in [4.69, 9.17) is 28.5 Å². The van der Waals surface area contributed by atoms with Gasteiger partial charge in [0.05, 0.1) is 30.5 Å². The van der Waals surface area contributed by atoms with Gasteiger partial charge < -0.3 is 54.5 Å². The number of esters is 1. The molecule has 2 aromatic carbocycles. The number of nitrogens with zero attached hydrogens (tertiary/aromatic N) is 1. The van der Waals surface area contributed by atoms with Gasteiger partial charge in [0.2, 0.25) is 0 Å². The normalized spacial score (nSPS) is 31.7. The van der Waals surface area contributed by atoms with Crippen LogP contribution in [0, 0.1) is 17.8 Å². The van der Waals surface area contributed by atoms with Crippen molar-refractivity contribution in [2.45, 2.75) is 148 Å². The Morgan fingerprint density at radius 3 is 2.12 bits per heavy atom. The maximum Gasteiger partial charge on any atom is 0.316 e. The predicted octanol–water partition coefficient (Wildman–Crippen LogP) is 5.16. The largest absolute Gasteiger partial charge is 0.459 e. The molecule has 15 heteroatoms. The molecule has 0 bridgehead atoms. The first kappa shape index (κ1) is 55.3. The summed E-state index contributed by atoms with van der Waals surface area (Å²) in [6.07, 6.45) is -3.34. The molecule has 1 fully saturated rings. The first-order valence-corrected chi connectivity index (χ1v) is 23.9. The van der Waals surface area contributed by atoms with Gasteiger partial charge in [0.15, 0.2) is 12.1 Å². The van der Waals surface area contributed by atoms with E-state index in [2.05, 4.69) is 64.6 Å². The number of hydrogen-bond acceptors (Lipinski definition) is 15. The minimum Gasteiger partial charge on any atom is -0.459 e. The number of carbonyl (C=O) groups is 2. The highest BCUT2D eigenvalue weighted by molar-refractivity contribution is 6.00. The summed E-state index contributed by atoms with van der Waals surface area (Å²) in [4.78, 5) is 35.8. The number of methoxy groups -OCH3 is 1. The Kier molecular flexibility index (Phi) is 22.1. The Hall–Kier alpha value is -3.32. The van der Waals surface area contributed by atoms with E-state index in [0.717, 1.165) is 32.5 Å². The van der Waals surface area contributed by atoms with Gasteiger partial charge in [-0.3, -0.25) is 19.9 Å². The third-order valence-corrected chi connectivity index (χ3v) is 13.4. The number of ketones is 1. The third-order valence-electron chi connectivity index (χ3n) is 13.4. The highest BCUT2D eigenvalue weighted by atomic mass is 16.7. The molecule has 12 atom stereocenters. The number of rotatable bonds is 21.